The normalized spacial score (nSPS) is 25.8. The molecule has 1 aliphatic carbocycles. The summed E-state index contributed by atoms with van der Waals surface area (Å²) in [4.78, 5) is 11.0. The number of ether oxygens (including phenoxy) is 1. The molecular weight excluding hydrogens is 184 g/mol. The van der Waals surface area contributed by atoms with Crippen molar-refractivity contribution in [3.05, 3.63) is 12.2 Å². The van der Waals surface area contributed by atoms with Crippen molar-refractivity contribution in [2.75, 3.05) is 6.26 Å². The van der Waals surface area contributed by atoms with Crippen molar-refractivity contribution in [2.45, 2.75) is 38.2 Å². The fourth-order valence-corrected chi connectivity index (χ4v) is 1.62. The molecule has 0 aromatic rings. The summed E-state index contributed by atoms with van der Waals surface area (Å²) in [5, 5.41) is -0.171. The lowest BCUT2D eigenvalue weighted by molar-refractivity contribution is 0.140. The van der Waals surface area contributed by atoms with Gasteiger partial charge in [0.1, 0.15) is 6.10 Å². The molecule has 0 saturated heterocycles. The van der Waals surface area contributed by atoms with E-state index in [9.17, 15) is 4.79 Å². The van der Waals surface area contributed by atoms with Crippen LogP contribution in [0.3, 0.4) is 0 Å². The Morgan fingerprint density at radius 1 is 1.46 bits per heavy atom. The average molecular weight is 200 g/mol. The zero-order valence-corrected chi connectivity index (χ0v) is 8.81. The fourth-order valence-electron chi connectivity index (χ4n) is 1.40. The van der Waals surface area contributed by atoms with E-state index in [1.54, 1.807) is 6.26 Å². The molecular formula is C10H16O2S. The highest BCUT2D eigenvalue weighted by molar-refractivity contribution is 8.12. The van der Waals surface area contributed by atoms with Crippen molar-refractivity contribution >= 4 is 17.1 Å². The van der Waals surface area contributed by atoms with Gasteiger partial charge in [-0.15, -0.1) is 0 Å². The summed E-state index contributed by atoms with van der Waals surface area (Å²) in [5.74, 6) is 0. The molecule has 3 heteroatoms. The van der Waals surface area contributed by atoms with Gasteiger partial charge >= 0.3 is 5.30 Å². The van der Waals surface area contributed by atoms with Gasteiger partial charge in [-0.25, -0.2) is 4.79 Å². The molecule has 2 nitrogen and oxygen atoms in total. The third-order valence-corrected chi connectivity index (χ3v) is 2.55. The Morgan fingerprint density at radius 2 is 2.31 bits per heavy atom. The zero-order valence-electron chi connectivity index (χ0n) is 7.99. The van der Waals surface area contributed by atoms with Crippen LogP contribution < -0.4 is 0 Å². The molecule has 13 heavy (non-hydrogen) atoms. The van der Waals surface area contributed by atoms with E-state index in [-0.39, 0.29) is 11.4 Å². The number of allylic oxidation sites excluding steroid dienone is 1. The molecule has 0 spiro atoms. The van der Waals surface area contributed by atoms with Crippen LogP contribution in [0.5, 0.6) is 0 Å². The topological polar surface area (TPSA) is 26.3 Å². The minimum atomic E-state index is -0.171. The number of carbonyl (C=O) groups excluding carboxylic acids is 1. The predicted molar refractivity (Wildman–Crippen MR) is 56.0 cm³/mol. The molecule has 0 saturated carbocycles. The van der Waals surface area contributed by atoms with Crippen LogP contribution in [-0.4, -0.2) is 17.7 Å². The van der Waals surface area contributed by atoms with Crippen LogP contribution in [-0.2, 0) is 4.74 Å². The summed E-state index contributed by atoms with van der Waals surface area (Å²) in [7, 11) is 0. The number of hydrogen-bond donors (Lipinski definition) is 0. The third-order valence-electron chi connectivity index (χ3n) is 2.12. The highest BCUT2D eigenvalue weighted by Crippen LogP contribution is 2.16. The Hall–Kier alpha value is -0.440. The second kappa shape index (κ2) is 6.08. The lowest BCUT2D eigenvalue weighted by Gasteiger charge is -2.14. The van der Waals surface area contributed by atoms with Crippen molar-refractivity contribution in [1.29, 1.82) is 0 Å². The molecule has 0 radical (unpaired) electrons. The van der Waals surface area contributed by atoms with Gasteiger partial charge in [-0.1, -0.05) is 12.5 Å². The lowest BCUT2D eigenvalue weighted by atomic mass is 10.0. The zero-order chi connectivity index (χ0) is 9.52. The summed E-state index contributed by atoms with van der Waals surface area (Å²) in [6, 6.07) is 0. The Labute approximate surface area is 83.7 Å². The Kier molecular flexibility index (Phi) is 4.98. The van der Waals surface area contributed by atoms with E-state index in [1.807, 2.05) is 6.08 Å². The first-order valence-electron chi connectivity index (χ1n) is 4.74. The van der Waals surface area contributed by atoms with Crippen LogP contribution in [0.4, 0.5) is 4.79 Å². The molecule has 0 aromatic heterocycles. The van der Waals surface area contributed by atoms with Gasteiger partial charge in [-0.3, -0.25) is 0 Å². The van der Waals surface area contributed by atoms with Crippen molar-refractivity contribution in [2.24, 2.45) is 0 Å². The van der Waals surface area contributed by atoms with Crippen LogP contribution >= 0.6 is 11.8 Å². The van der Waals surface area contributed by atoms with Gasteiger partial charge < -0.3 is 4.74 Å². The maximum absolute atomic E-state index is 11.0. The average Bonchev–Trinajstić information content (AvgIpc) is 2.09. The van der Waals surface area contributed by atoms with Gasteiger partial charge in [-0.05, 0) is 49.8 Å². The van der Waals surface area contributed by atoms with Gasteiger partial charge in [-0.2, -0.15) is 0 Å². The maximum Gasteiger partial charge on any atom is 0.367 e. The molecule has 0 aliphatic heterocycles. The standard InChI is InChI=1S/C10H16O2S/c1-13-10(11)12-9-7-5-3-2-4-6-8-9/h5,7,9H,2-4,6,8H2,1H3/b7-5+. The van der Waals surface area contributed by atoms with Crippen LogP contribution in [0.2, 0.25) is 0 Å². The summed E-state index contributed by atoms with van der Waals surface area (Å²) in [6.45, 7) is 0. The van der Waals surface area contributed by atoms with Gasteiger partial charge in [0.2, 0.25) is 0 Å². The largest absolute Gasteiger partial charge is 0.450 e. The lowest BCUT2D eigenvalue weighted by Crippen LogP contribution is -2.13. The highest BCUT2D eigenvalue weighted by atomic mass is 32.2. The van der Waals surface area contributed by atoms with Crippen LogP contribution in [0.15, 0.2) is 12.2 Å². The second-order valence-electron chi connectivity index (χ2n) is 3.18. The fraction of sp³-hybridized carbons (Fsp3) is 0.700. The highest BCUT2D eigenvalue weighted by Gasteiger charge is 2.11. The molecule has 0 amide bonds. The van der Waals surface area contributed by atoms with E-state index in [2.05, 4.69) is 6.08 Å². The van der Waals surface area contributed by atoms with Crippen molar-refractivity contribution in [1.82, 2.24) is 0 Å². The van der Waals surface area contributed by atoms with Crippen LogP contribution in [0.25, 0.3) is 0 Å². The van der Waals surface area contributed by atoms with E-state index in [0.717, 1.165) is 31.0 Å². The maximum atomic E-state index is 11.0. The second-order valence-corrected chi connectivity index (χ2v) is 3.92. The van der Waals surface area contributed by atoms with E-state index in [1.165, 1.54) is 12.8 Å². The van der Waals surface area contributed by atoms with Gasteiger partial charge in [0, 0.05) is 0 Å². The first-order valence-corrected chi connectivity index (χ1v) is 5.96. The van der Waals surface area contributed by atoms with Crippen molar-refractivity contribution < 1.29 is 9.53 Å². The molecule has 74 valence electrons. The van der Waals surface area contributed by atoms with E-state index in [0.29, 0.717) is 0 Å². The van der Waals surface area contributed by atoms with Crippen LogP contribution in [0.1, 0.15) is 32.1 Å². The molecule has 0 aromatic carbocycles. The number of carbonyl (C=O) groups is 1. The number of thioether (sulfide) groups is 1. The van der Waals surface area contributed by atoms with E-state index < -0.39 is 0 Å². The Morgan fingerprint density at radius 3 is 3.08 bits per heavy atom. The summed E-state index contributed by atoms with van der Waals surface area (Å²) >= 11 is 1.14. The molecule has 0 N–H and O–H groups in total. The third kappa shape index (κ3) is 4.36. The van der Waals surface area contributed by atoms with Crippen LogP contribution in [0, 0.1) is 0 Å². The molecule has 0 fully saturated rings. The smallest absolute Gasteiger partial charge is 0.367 e. The van der Waals surface area contributed by atoms with Crippen molar-refractivity contribution in [3.63, 3.8) is 0 Å². The Bertz CT molecular complexity index is 189. The molecule has 0 bridgehead atoms. The molecule has 0 heterocycles. The molecule has 1 atom stereocenters. The first-order chi connectivity index (χ1) is 6.33. The SMILES string of the molecule is CSC(=O)OC1/C=C/CCCCC1. The molecule has 1 aliphatic rings. The van der Waals surface area contributed by atoms with Gasteiger partial charge in [0.05, 0.1) is 0 Å². The first kappa shape index (κ1) is 10.6. The predicted octanol–water partition coefficient (Wildman–Crippen LogP) is 3.37. The summed E-state index contributed by atoms with van der Waals surface area (Å²) in [6.07, 6.45) is 11.7. The van der Waals surface area contributed by atoms with Gasteiger partial charge in [0.25, 0.3) is 0 Å². The number of hydrogen-bond acceptors (Lipinski definition) is 3. The monoisotopic (exact) mass is 200 g/mol. The number of rotatable bonds is 1. The summed E-state index contributed by atoms with van der Waals surface area (Å²) in [5.41, 5.74) is 0. The quantitative estimate of drug-likeness (QED) is 0.479. The van der Waals surface area contributed by atoms with E-state index in [4.69, 9.17) is 4.74 Å². The minimum Gasteiger partial charge on any atom is -0.450 e. The minimum absolute atomic E-state index is 0.0141. The summed E-state index contributed by atoms with van der Waals surface area (Å²) < 4.78 is 5.21. The van der Waals surface area contributed by atoms with Gasteiger partial charge in [0.15, 0.2) is 0 Å². The molecule has 1 unspecified atom stereocenters. The van der Waals surface area contributed by atoms with Crippen molar-refractivity contribution in [3.8, 4) is 0 Å². The molecule has 1 rings (SSSR count). The Balaban J connectivity index is 2.37. The van der Waals surface area contributed by atoms with E-state index >= 15 is 0 Å².